The highest BCUT2D eigenvalue weighted by molar-refractivity contribution is 5.94. The number of anilines is 1. The number of rotatable bonds is 3. The molecule has 2 amide bonds. The first-order valence-corrected chi connectivity index (χ1v) is 9.84. The van der Waals surface area contributed by atoms with Gasteiger partial charge in [0.25, 0.3) is 5.91 Å². The quantitative estimate of drug-likeness (QED) is 0.826. The zero-order valence-electron chi connectivity index (χ0n) is 16.7. The van der Waals surface area contributed by atoms with Gasteiger partial charge < -0.3 is 14.7 Å². The van der Waals surface area contributed by atoms with E-state index in [1.807, 2.05) is 71.3 Å². The fourth-order valence-electron chi connectivity index (χ4n) is 4.70. The van der Waals surface area contributed by atoms with Crippen LogP contribution in [0.25, 0.3) is 0 Å². The van der Waals surface area contributed by atoms with Crippen LogP contribution in [0, 0.1) is 11.8 Å². The van der Waals surface area contributed by atoms with Crippen molar-refractivity contribution in [3.8, 4) is 0 Å². The lowest BCUT2D eigenvalue weighted by Gasteiger charge is -2.29. The molecule has 0 N–H and O–H groups in total. The SMILES string of the molecule is CC(=O)N1C[C@H]2CN(C(=O)c3ccc(N(C)C)cc3)C[C@H]2[C@@H]1c1ccccc1. The van der Waals surface area contributed by atoms with E-state index in [1.165, 1.54) is 0 Å². The van der Waals surface area contributed by atoms with Crippen molar-refractivity contribution in [2.45, 2.75) is 13.0 Å². The summed E-state index contributed by atoms with van der Waals surface area (Å²) >= 11 is 0. The van der Waals surface area contributed by atoms with Gasteiger partial charge in [-0.2, -0.15) is 0 Å². The largest absolute Gasteiger partial charge is 0.378 e. The van der Waals surface area contributed by atoms with Crippen LogP contribution in [0.4, 0.5) is 5.69 Å². The second-order valence-electron chi connectivity index (χ2n) is 8.10. The molecule has 0 bridgehead atoms. The molecule has 3 atom stereocenters. The maximum absolute atomic E-state index is 13.0. The van der Waals surface area contributed by atoms with Gasteiger partial charge in [0, 0.05) is 63.7 Å². The molecule has 2 fully saturated rings. The summed E-state index contributed by atoms with van der Waals surface area (Å²) in [5, 5.41) is 0. The summed E-state index contributed by atoms with van der Waals surface area (Å²) in [6, 6.07) is 18.0. The molecule has 0 aromatic heterocycles. The van der Waals surface area contributed by atoms with Crippen molar-refractivity contribution in [3.05, 3.63) is 65.7 Å². The fraction of sp³-hybridized carbons (Fsp3) is 0.391. The molecule has 28 heavy (non-hydrogen) atoms. The molecular formula is C23H27N3O2. The van der Waals surface area contributed by atoms with E-state index in [0.29, 0.717) is 19.0 Å². The standard InChI is InChI=1S/C23H27N3O2/c1-16(27)26-14-19-13-25(15-21(19)22(26)17-7-5-4-6-8-17)23(28)18-9-11-20(12-10-18)24(2)3/h4-12,19,21-22H,13-15H2,1-3H3/t19-,21-,22+/m1/s1. The van der Waals surface area contributed by atoms with Crippen molar-refractivity contribution in [1.29, 1.82) is 0 Å². The van der Waals surface area contributed by atoms with Crippen molar-refractivity contribution in [2.24, 2.45) is 11.8 Å². The summed E-state index contributed by atoms with van der Waals surface area (Å²) in [5.74, 6) is 0.816. The van der Waals surface area contributed by atoms with Crippen molar-refractivity contribution in [2.75, 3.05) is 38.6 Å². The minimum atomic E-state index is 0.0533. The van der Waals surface area contributed by atoms with Crippen molar-refractivity contribution < 1.29 is 9.59 Å². The van der Waals surface area contributed by atoms with Gasteiger partial charge in [-0.1, -0.05) is 30.3 Å². The van der Waals surface area contributed by atoms with E-state index >= 15 is 0 Å². The molecule has 5 heteroatoms. The Balaban J connectivity index is 1.54. The molecular weight excluding hydrogens is 350 g/mol. The number of nitrogens with zero attached hydrogens (tertiary/aromatic N) is 3. The van der Waals surface area contributed by atoms with Crippen LogP contribution in [0.1, 0.15) is 28.9 Å². The number of benzene rings is 2. The van der Waals surface area contributed by atoms with Crippen molar-refractivity contribution >= 4 is 17.5 Å². The summed E-state index contributed by atoms with van der Waals surface area (Å²) in [6.07, 6.45) is 0. The van der Waals surface area contributed by atoms with Crippen LogP contribution in [0.15, 0.2) is 54.6 Å². The highest BCUT2D eigenvalue weighted by Gasteiger charge is 2.49. The molecule has 146 valence electrons. The number of amides is 2. The maximum atomic E-state index is 13.0. The lowest BCUT2D eigenvalue weighted by Crippen LogP contribution is -2.36. The average Bonchev–Trinajstić information content (AvgIpc) is 3.26. The average molecular weight is 377 g/mol. The molecule has 4 rings (SSSR count). The van der Waals surface area contributed by atoms with Gasteiger partial charge in [0.05, 0.1) is 6.04 Å². The van der Waals surface area contributed by atoms with E-state index in [1.54, 1.807) is 6.92 Å². The Bertz CT molecular complexity index is 863. The number of hydrogen-bond acceptors (Lipinski definition) is 3. The van der Waals surface area contributed by atoms with Gasteiger partial charge in [-0.15, -0.1) is 0 Å². The molecule has 2 aliphatic heterocycles. The van der Waals surface area contributed by atoms with E-state index in [9.17, 15) is 9.59 Å². The van der Waals surface area contributed by atoms with E-state index in [-0.39, 0.29) is 23.8 Å². The van der Waals surface area contributed by atoms with Crippen LogP contribution in [-0.2, 0) is 4.79 Å². The van der Waals surface area contributed by atoms with Crippen LogP contribution >= 0.6 is 0 Å². The van der Waals surface area contributed by atoms with Gasteiger partial charge in [0.1, 0.15) is 0 Å². The van der Waals surface area contributed by atoms with Gasteiger partial charge in [-0.3, -0.25) is 9.59 Å². The smallest absolute Gasteiger partial charge is 0.253 e. The first kappa shape index (κ1) is 18.5. The molecule has 2 saturated heterocycles. The summed E-state index contributed by atoms with van der Waals surface area (Å²) in [7, 11) is 3.98. The first-order chi connectivity index (χ1) is 13.5. The Labute approximate surface area is 166 Å². The summed E-state index contributed by atoms with van der Waals surface area (Å²) in [6.45, 7) is 3.78. The highest BCUT2D eigenvalue weighted by atomic mass is 16.2. The monoisotopic (exact) mass is 377 g/mol. The molecule has 2 aromatic rings. The Morgan fingerprint density at radius 1 is 0.929 bits per heavy atom. The Hall–Kier alpha value is -2.82. The van der Waals surface area contributed by atoms with Crippen LogP contribution in [0.2, 0.25) is 0 Å². The summed E-state index contributed by atoms with van der Waals surface area (Å²) in [4.78, 5) is 31.2. The second kappa shape index (κ2) is 7.30. The molecule has 0 aliphatic carbocycles. The summed E-state index contributed by atoms with van der Waals surface area (Å²) in [5.41, 5.74) is 2.97. The van der Waals surface area contributed by atoms with E-state index < -0.39 is 0 Å². The Morgan fingerprint density at radius 2 is 1.61 bits per heavy atom. The predicted molar refractivity (Wildman–Crippen MR) is 110 cm³/mol. The minimum Gasteiger partial charge on any atom is -0.378 e. The zero-order valence-corrected chi connectivity index (χ0v) is 16.7. The van der Waals surface area contributed by atoms with E-state index in [2.05, 4.69) is 12.1 Å². The first-order valence-electron chi connectivity index (χ1n) is 9.84. The molecule has 0 saturated carbocycles. The number of carbonyl (C=O) groups is 2. The summed E-state index contributed by atoms with van der Waals surface area (Å²) < 4.78 is 0. The lowest BCUT2D eigenvalue weighted by molar-refractivity contribution is -0.130. The van der Waals surface area contributed by atoms with Gasteiger partial charge >= 0.3 is 0 Å². The van der Waals surface area contributed by atoms with E-state index in [4.69, 9.17) is 0 Å². The van der Waals surface area contributed by atoms with E-state index in [0.717, 1.165) is 23.4 Å². The Kier molecular flexibility index (Phi) is 4.84. The van der Waals surface area contributed by atoms with Crippen LogP contribution in [0.3, 0.4) is 0 Å². The van der Waals surface area contributed by atoms with Gasteiger partial charge in [-0.25, -0.2) is 0 Å². The van der Waals surface area contributed by atoms with Gasteiger partial charge in [0.15, 0.2) is 0 Å². The topological polar surface area (TPSA) is 43.9 Å². The van der Waals surface area contributed by atoms with Crippen molar-refractivity contribution in [1.82, 2.24) is 9.80 Å². The minimum absolute atomic E-state index is 0.0533. The zero-order chi connectivity index (χ0) is 19.8. The van der Waals surface area contributed by atoms with Crippen LogP contribution in [-0.4, -0.2) is 55.3 Å². The van der Waals surface area contributed by atoms with Gasteiger partial charge in [0.2, 0.25) is 5.91 Å². The number of likely N-dealkylation sites (tertiary alicyclic amines) is 2. The third kappa shape index (κ3) is 3.26. The predicted octanol–water partition coefficient (Wildman–Crippen LogP) is 3.04. The lowest BCUT2D eigenvalue weighted by atomic mass is 9.89. The fourth-order valence-corrected chi connectivity index (χ4v) is 4.70. The number of hydrogen-bond donors (Lipinski definition) is 0. The highest BCUT2D eigenvalue weighted by Crippen LogP contribution is 2.45. The molecule has 0 unspecified atom stereocenters. The molecule has 2 heterocycles. The third-order valence-electron chi connectivity index (χ3n) is 6.13. The maximum Gasteiger partial charge on any atom is 0.253 e. The molecule has 5 nitrogen and oxygen atoms in total. The molecule has 0 spiro atoms. The van der Waals surface area contributed by atoms with Crippen LogP contribution < -0.4 is 4.90 Å². The molecule has 2 aliphatic rings. The number of fused-ring (bicyclic) bond motifs is 1. The normalized spacial score (nSPS) is 23.6. The van der Waals surface area contributed by atoms with Crippen LogP contribution in [0.5, 0.6) is 0 Å². The third-order valence-corrected chi connectivity index (χ3v) is 6.13. The molecule has 2 aromatic carbocycles. The van der Waals surface area contributed by atoms with Crippen molar-refractivity contribution in [3.63, 3.8) is 0 Å². The Morgan fingerprint density at radius 3 is 2.21 bits per heavy atom. The second-order valence-corrected chi connectivity index (χ2v) is 8.10. The van der Waals surface area contributed by atoms with Gasteiger partial charge in [-0.05, 0) is 29.8 Å². The molecule has 0 radical (unpaired) electrons. The number of carbonyl (C=O) groups excluding carboxylic acids is 2.